The van der Waals surface area contributed by atoms with Crippen LogP contribution in [0.3, 0.4) is 0 Å². The highest BCUT2D eigenvalue weighted by Crippen LogP contribution is 2.31. The molecule has 2 N–H and O–H groups in total. The molecule has 2 heterocycles. The third kappa shape index (κ3) is 3.92. The van der Waals surface area contributed by atoms with Crippen LogP contribution in [0.25, 0.3) is 0 Å². The molecule has 1 aromatic carbocycles. The minimum Gasteiger partial charge on any atom is -0.508 e. The van der Waals surface area contributed by atoms with Gasteiger partial charge in [-0.1, -0.05) is 6.07 Å². The second-order valence-corrected chi connectivity index (χ2v) is 6.76. The summed E-state index contributed by atoms with van der Waals surface area (Å²) < 4.78 is 0. The van der Waals surface area contributed by atoms with E-state index < -0.39 is 0 Å². The van der Waals surface area contributed by atoms with Crippen LogP contribution in [-0.2, 0) is 14.4 Å². The van der Waals surface area contributed by atoms with Crippen molar-refractivity contribution in [3.8, 4) is 5.75 Å². The van der Waals surface area contributed by atoms with Crippen molar-refractivity contribution in [1.82, 2.24) is 9.80 Å². The number of likely N-dealkylation sites (tertiary alicyclic amines) is 2. The first-order chi connectivity index (χ1) is 11.9. The summed E-state index contributed by atoms with van der Waals surface area (Å²) >= 11 is 0. The van der Waals surface area contributed by atoms with E-state index in [1.807, 2.05) is 7.05 Å². The lowest BCUT2D eigenvalue weighted by Crippen LogP contribution is -2.47. The van der Waals surface area contributed by atoms with Crippen molar-refractivity contribution < 1.29 is 19.5 Å². The quantitative estimate of drug-likeness (QED) is 0.858. The predicted octanol–water partition coefficient (Wildman–Crippen LogP) is 1.19. The molecule has 2 aliphatic rings. The van der Waals surface area contributed by atoms with Crippen LogP contribution in [-0.4, -0.2) is 58.8 Å². The number of carbonyl (C=O) groups excluding carboxylic acids is 3. The fraction of sp³-hybridized carbons (Fsp3) is 0.500. The molecule has 0 unspecified atom stereocenters. The number of piperidine rings is 1. The molecule has 7 heteroatoms. The molecule has 0 aromatic heterocycles. The second-order valence-electron chi connectivity index (χ2n) is 6.76. The van der Waals surface area contributed by atoms with E-state index in [2.05, 4.69) is 5.32 Å². The highest BCUT2D eigenvalue weighted by Gasteiger charge is 2.41. The lowest BCUT2D eigenvalue weighted by molar-refractivity contribution is -0.134. The van der Waals surface area contributed by atoms with Crippen LogP contribution in [0.1, 0.15) is 25.7 Å². The van der Waals surface area contributed by atoms with Crippen molar-refractivity contribution >= 4 is 23.4 Å². The zero-order chi connectivity index (χ0) is 18.0. The first-order valence-electron chi connectivity index (χ1n) is 8.56. The summed E-state index contributed by atoms with van der Waals surface area (Å²) in [4.78, 5) is 39.7. The standard InChI is InChI=1S/C18H23N3O4/c1-20-15-7-8-21(11-12(15)9-18(20)25)17(24)6-5-16(23)19-13-3-2-4-14(22)10-13/h2-4,10,12,15,22H,5-9,11H2,1H3,(H,19,23)/t12-,15+/m1/s1. The van der Waals surface area contributed by atoms with Gasteiger partial charge in [-0.3, -0.25) is 14.4 Å². The Labute approximate surface area is 146 Å². The molecule has 2 aliphatic heterocycles. The number of amides is 3. The van der Waals surface area contributed by atoms with Gasteiger partial charge in [0.1, 0.15) is 5.75 Å². The Bertz CT molecular complexity index is 691. The molecule has 2 saturated heterocycles. The summed E-state index contributed by atoms with van der Waals surface area (Å²) in [6.45, 7) is 1.22. The number of phenolic OH excluding ortho intramolecular Hbond substituents is 1. The van der Waals surface area contributed by atoms with Gasteiger partial charge in [0.25, 0.3) is 0 Å². The minimum absolute atomic E-state index is 0.0495. The van der Waals surface area contributed by atoms with Gasteiger partial charge < -0.3 is 20.2 Å². The number of carbonyl (C=O) groups is 3. The average molecular weight is 345 g/mol. The predicted molar refractivity (Wildman–Crippen MR) is 91.8 cm³/mol. The number of nitrogens with one attached hydrogen (secondary N) is 1. The topological polar surface area (TPSA) is 90.0 Å². The summed E-state index contributed by atoms with van der Waals surface area (Å²) in [6.07, 6.45) is 1.54. The van der Waals surface area contributed by atoms with E-state index in [4.69, 9.17) is 0 Å². The number of anilines is 1. The number of phenols is 1. The molecular weight excluding hydrogens is 322 g/mol. The van der Waals surface area contributed by atoms with E-state index in [1.165, 1.54) is 12.1 Å². The largest absolute Gasteiger partial charge is 0.508 e. The summed E-state index contributed by atoms with van der Waals surface area (Å²) in [6, 6.07) is 6.54. The molecule has 7 nitrogen and oxygen atoms in total. The van der Waals surface area contributed by atoms with Crippen LogP contribution in [0.4, 0.5) is 5.69 Å². The van der Waals surface area contributed by atoms with Crippen molar-refractivity contribution in [2.45, 2.75) is 31.7 Å². The van der Waals surface area contributed by atoms with Gasteiger partial charge in [-0.25, -0.2) is 0 Å². The molecule has 25 heavy (non-hydrogen) atoms. The van der Waals surface area contributed by atoms with Crippen molar-refractivity contribution in [3.05, 3.63) is 24.3 Å². The van der Waals surface area contributed by atoms with Crippen LogP contribution >= 0.6 is 0 Å². The van der Waals surface area contributed by atoms with Gasteiger partial charge in [0.15, 0.2) is 0 Å². The fourth-order valence-corrected chi connectivity index (χ4v) is 3.70. The van der Waals surface area contributed by atoms with E-state index >= 15 is 0 Å². The maximum atomic E-state index is 12.4. The van der Waals surface area contributed by atoms with E-state index in [0.29, 0.717) is 25.2 Å². The van der Waals surface area contributed by atoms with E-state index in [1.54, 1.807) is 21.9 Å². The normalized spacial score (nSPS) is 22.7. The highest BCUT2D eigenvalue weighted by molar-refractivity contribution is 5.93. The molecule has 0 radical (unpaired) electrons. The summed E-state index contributed by atoms with van der Waals surface area (Å²) in [5.74, 6) is 0.120. The van der Waals surface area contributed by atoms with Crippen LogP contribution in [0.5, 0.6) is 5.75 Å². The molecular formula is C18H23N3O4. The van der Waals surface area contributed by atoms with Gasteiger partial charge in [-0.15, -0.1) is 0 Å². The zero-order valence-electron chi connectivity index (χ0n) is 14.3. The Balaban J connectivity index is 1.46. The van der Waals surface area contributed by atoms with Gasteiger partial charge in [-0.2, -0.15) is 0 Å². The second kappa shape index (κ2) is 7.13. The van der Waals surface area contributed by atoms with Gasteiger partial charge >= 0.3 is 0 Å². The Morgan fingerprint density at radius 3 is 2.88 bits per heavy atom. The summed E-state index contributed by atoms with van der Waals surface area (Å²) in [5.41, 5.74) is 0.505. The average Bonchev–Trinajstić information content (AvgIpc) is 2.86. The molecule has 3 amide bonds. The van der Waals surface area contributed by atoms with Crippen molar-refractivity contribution in [3.63, 3.8) is 0 Å². The molecule has 0 spiro atoms. The smallest absolute Gasteiger partial charge is 0.224 e. The summed E-state index contributed by atoms with van der Waals surface area (Å²) in [5, 5.41) is 12.1. The molecule has 2 fully saturated rings. The molecule has 0 bridgehead atoms. The van der Waals surface area contributed by atoms with E-state index in [0.717, 1.165) is 6.42 Å². The number of rotatable bonds is 4. The molecule has 0 aliphatic carbocycles. The molecule has 2 atom stereocenters. The van der Waals surface area contributed by atoms with Crippen LogP contribution in [0, 0.1) is 5.92 Å². The maximum absolute atomic E-state index is 12.4. The van der Waals surface area contributed by atoms with Crippen LogP contribution in [0.2, 0.25) is 0 Å². The van der Waals surface area contributed by atoms with Crippen LogP contribution in [0.15, 0.2) is 24.3 Å². The minimum atomic E-state index is -0.260. The van der Waals surface area contributed by atoms with Crippen LogP contribution < -0.4 is 5.32 Å². The van der Waals surface area contributed by atoms with Gasteiger partial charge in [0.2, 0.25) is 17.7 Å². The summed E-state index contributed by atoms with van der Waals surface area (Å²) in [7, 11) is 1.83. The van der Waals surface area contributed by atoms with E-state index in [-0.39, 0.29) is 48.3 Å². The number of nitrogens with zero attached hydrogens (tertiary/aromatic N) is 2. The fourth-order valence-electron chi connectivity index (χ4n) is 3.70. The number of hydrogen-bond donors (Lipinski definition) is 2. The Morgan fingerprint density at radius 2 is 2.12 bits per heavy atom. The number of fused-ring (bicyclic) bond motifs is 1. The molecule has 0 saturated carbocycles. The third-order valence-corrected chi connectivity index (χ3v) is 5.07. The number of aromatic hydroxyl groups is 1. The first-order valence-corrected chi connectivity index (χ1v) is 8.56. The SMILES string of the molecule is CN1C(=O)C[C@@H]2CN(C(=O)CCC(=O)Nc3cccc(O)c3)CC[C@@H]21. The molecule has 134 valence electrons. The van der Waals surface area contributed by atoms with Crippen molar-refractivity contribution in [2.24, 2.45) is 5.92 Å². The Morgan fingerprint density at radius 1 is 1.32 bits per heavy atom. The number of benzene rings is 1. The monoisotopic (exact) mass is 345 g/mol. The Hall–Kier alpha value is -2.57. The lowest BCUT2D eigenvalue weighted by Gasteiger charge is -2.36. The third-order valence-electron chi connectivity index (χ3n) is 5.07. The Kier molecular flexibility index (Phi) is 4.92. The van der Waals surface area contributed by atoms with E-state index in [9.17, 15) is 19.5 Å². The van der Waals surface area contributed by atoms with Crippen molar-refractivity contribution in [2.75, 3.05) is 25.5 Å². The highest BCUT2D eigenvalue weighted by atomic mass is 16.3. The van der Waals surface area contributed by atoms with Gasteiger partial charge in [0, 0.05) is 63.1 Å². The van der Waals surface area contributed by atoms with Gasteiger partial charge in [-0.05, 0) is 18.6 Å². The lowest BCUT2D eigenvalue weighted by atomic mass is 9.92. The number of hydrogen-bond acceptors (Lipinski definition) is 4. The molecule has 3 rings (SSSR count). The first kappa shape index (κ1) is 17.3. The maximum Gasteiger partial charge on any atom is 0.224 e. The van der Waals surface area contributed by atoms with Crippen molar-refractivity contribution in [1.29, 1.82) is 0 Å². The zero-order valence-corrected chi connectivity index (χ0v) is 14.3. The molecule has 1 aromatic rings. The van der Waals surface area contributed by atoms with Gasteiger partial charge in [0.05, 0.1) is 0 Å².